The van der Waals surface area contributed by atoms with E-state index in [1.807, 2.05) is 17.3 Å². The summed E-state index contributed by atoms with van der Waals surface area (Å²) in [6.07, 6.45) is 5.05. The van der Waals surface area contributed by atoms with E-state index < -0.39 is 0 Å². The van der Waals surface area contributed by atoms with Crippen molar-refractivity contribution in [1.29, 1.82) is 0 Å². The Balaban J connectivity index is 1.37. The molecule has 3 rings (SSSR count). The van der Waals surface area contributed by atoms with E-state index in [-0.39, 0.29) is 12.0 Å². The van der Waals surface area contributed by atoms with Gasteiger partial charge in [-0.3, -0.25) is 9.69 Å². The lowest BCUT2D eigenvalue weighted by molar-refractivity contribution is -0.130. The number of ether oxygens (including phenoxy) is 1. The SMILES string of the molecule is CC(=O)N1CCN(CC2COC(CNc3ncc(C(C)C)cn3)C2)CC1. The molecule has 2 unspecified atom stereocenters. The van der Waals surface area contributed by atoms with Crippen LogP contribution < -0.4 is 5.32 Å². The Labute approximate surface area is 156 Å². The molecule has 2 atom stereocenters. The van der Waals surface area contributed by atoms with Crippen molar-refractivity contribution in [3.05, 3.63) is 18.0 Å². The number of amides is 1. The first-order valence-corrected chi connectivity index (χ1v) is 9.66. The number of hydrogen-bond donors (Lipinski definition) is 1. The summed E-state index contributed by atoms with van der Waals surface area (Å²) < 4.78 is 5.94. The maximum absolute atomic E-state index is 11.4. The van der Waals surface area contributed by atoms with Crippen molar-refractivity contribution in [2.24, 2.45) is 5.92 Å². The largest absolute Gasteiger partial charge is 0.376 e. The summed E-state index contributed by atoms with van der Waals surface area (Å²) in [5.41, 5.74) is 1.15. The normalized spacial score (nSPS) is 24.2. The Morgan fingerprint density at radius 2 is 1.96 bits per heavy atom. The predicted octanol–water partition coefficient (Wildman–Crippen LogP) is 1.58. The fraction of sp³-hybridized carbons (Fsp3) is 0.737. The van der Waals surface area contributed by atoms with Crippen LogP contribution in [-0.2, 0) is 9.53 Å². The molecule has 7 heteroatoms. The van der Waals surface area contributed by atoms with Crippen molar-refractivity contribution in [3.8, 4) is 0 Å². The van der Waals surface area contributed by atoms with E-state index in [9.17, 15) is 4.79 Å². The number of piperazine rings is 1. The molecule has 26 heavy (non-hydrogen) atoms. The van der Waals surface area contributed by atoms with Crippen molar-refractivity contribution >= 4 is 11.9 Å². The topological polar surface area (TPSA) is 70.6 Å². The van der Waals surface area contributed by atoms with Crippen LogP contribution in [0.5, 0.6) is 0 Å². The van der Waals surface area contributed by atoms with Gasteiger partial charge >= 0.3 is 0 Å². The van der Waals surface area contributed by atoms with Crippen molar-refractivity contribution in [1.82, 2.24) is 19.8 Å². The summed E-state index contributed by atoms with van der Waals surface area (Å²) >= 11 is 0. The molecule has 2 aliphatic heterocycles. The minimum atomic E-state index is 0.184. The molecule has 0 radical (unpaired) electrons. The first-order chi connectivity index (χ1) is 12.5. The maximum atomic E-state index is 11.4. The summed E-state index contributed by atoms with van der Waals surface area (Å²) in [5, 5.41) is 3.29. The van der Waals surface area contributed by atoms with Gasteiger partial charge in [0.25, 0.3) is 0 Å². The van der Waals surface area contributed by atoms with E-state index in [4.69, 9.17) is 4.74 Å². The lowest BCUT2D eigenvalue weighted by Gasteiger charge is -2.35. The van der Waals surface area contributed by atoms with Gasteiger partial charge in [-0.2, -0.15) is 0 Å². The third-order valence-corrected chi connectivity index (χ3v) is 5.32. The van der Waals surface area contributed by atoms with Crippen molar-refractivity contribution in [3.63, 3.8) is 0 Å². The Kier molecular flexibility index (Phi) is 6.43. The summed E-state index contributed by atoms with van der Waals surface area (Å²) in [4.78, 5) is 24.5. The molecular formula is C19H31N5O2. The number of nitrogens with one attached hydrogen (secondary N) is 1. The van der Waals surface area contributed by atoms with E-state index in [1.54, 1.807) is 6.92 Å². The second kappa shape index (κ2) is 8.77. The van der Waals surface area contributed by atoms with Gasteiger partial charge < -0.3 is 15.0 Å². The lowest BCUT2D eigenvalue weighted by Crippen LogP contribution is -2.49. The highest BCUT2D eigenvalue weighted by Crippen LogP contribution is 2.21. The Hall–Kier alpha value is -1.73. The van der Waals surface area contributed by atoms with Gasteiger partial charge in [0.15, 0.2) is 0 Å². The van der Waals surface area contributed by atoms with Crippen LogP contribution in [0.1, 0.15) is 38.7 Å². The smallest absolute Gasteiger partial charge is 0.222 e. The molecule has 0 spiro atoms. The molecule has 1 aromatic rings. The molecule has 2 fully saturated rings. The minimum Gasteiger partial charge on any atom is -0.376 e. The van der Waals surface area contributed by atoms with Crippen LogP contribution in [-0.4, -0.2) is 77.7 Å². The van der Waals surface area contributed by atoms with Crippen LogP contribution in [0.4, 0.5) is 5.95 Å². The summed E-state index contributed by atoms with van der Waals surface area (Å²) in [7, 11) is 0. The third-order valence-electron chi connectivity index (χ3n) is 5.32. The Morgan fingerprint density at radius 3 is 2.58 bits per heavy atom. The highest BCUT2D eigenvalue weighted by Gasteiger charge is 2.28. The third kappa shape index (κ3) is 5.14. The van der Waals surface area contributed by atoms with E-state index in [0.717, 1.165) is 57.9 Å². The van der Waals surface area contributed by atoms with Crippen LogP contribution >= 0.6 is 0 Å². The van der Waals surface area contributed by atoms with Crippen molar-refractivity contribution in [2.45, 2.75) is 39.2 Å². The first-order valence-electron chi connectivity index (χ1n) is 9.66. The molecule has 144 valence electrons. The van der Waals surface area contributed by atoms with Gasteiger partial charge in [-0.05, 0) is 23.8 Å². The highest BCUT2D eigenvalue weighted by atomic mass is 16.5. The van der Waals surface area contributed by atoms with E-state index >= 15 is 0 Å². The molecule has 0 saturated carbocycles. The number of hydrogen-bond acceptors (Lipinski definition) is 6. The first kappa shape index (κ1) is 19.0. The summed E-state index contributed by atoms with van der Waals surface area (Å²) in [6.45, 7) is 12.2. The van der Waals surface area contributed by atoms with Crippen LogP contribution in [0.25, 0.3) is 0 Å². The molecule has 1 N–H and O–H groups in total. The zero-order valence-corrected chi connectivity index (χ0v) is 16.1. The van der Waals surface area contributed by atoms with Gasteiger partial charge in [-0.1, -0.05) is 13.8 Å². The van der Waals surface area contributed by atoms with E-state index in [0.29, 0.717) is 17.8 Å². The van der Waals surface area contributed by atoms with Crippen LogP contribution in [0, 0.1) is 5.92 Å². The second-order valence-corrected chi connectivity index (χ2v) is 7.74. The Morgan fingerprint density at radius 1 is 1.27 bits per heavy atom. The molecule has 0 aromatic carbocycles. The zero-order chi connectivity index (χ0) is 18.5. The fourth-order valence-electron chi connectivity index (χ4n) is 3.59. The van der Waals surface area contributed by atoms with Crippen LogP contribution in [0.2, 0.25) is 0 Å². The highest BCUT2D eigenvalue weighted by molar-refractivity contribution is 5.73. The number of carbonyl (C=O) groups is 1. The number of anilines is 1. The minimum absolute atomic E-state index is 0.184. The zero-order valence-electron chi connectivity index (χ0n) is 16.1. The number of carbonyl (C=O) groups excluding carboxylic acids is 1. The number of rotatable bonds is 6. The molecule has 3 heterocycles. The number of aromatic nitrogens is 2. The molecular weight excluding hydrogens is 330 g/mol. The van der Waals surface area contributed by atoms with Gasteiger partial charge in [0.2, 0.25) is 11.9 Å². The molecule has 1 aromatic heterocycles. The maximum Gasteiger partial charge on any atom is 0.222 e. The van der Waals surface area contributed by atoms with E-state index in [1.165, 1.54) is 0 Å². The van der Waals surface area contributed by atoms with Gasteiger partial charge in [0.05, 0.1) is 12.7 Å². The van der Waals surface area contributed by atoms with Crippen LogP contribution in [0.15, 0.2) is 12.4 Å². The molecule has 0 aliphatic carbocycles. The number of nitrogens with zero attached hydrogens (tertiary/aromatic N) is 4. The summed E-state index contributed by atoms with van der Waals surface area (Å²) in [6, 6.07) is 0. The average molecular weight is 361 g/mol. The Bertz CT molecular complexity index is 584. The second-order valence-electron chi connectivity index (χ2n) is 7.74. The molecule has 1 amide bonds. The summed E-state index contributed by atoms with van der Waals surface area (Å²) in [5.74, 6) is 1.86. The molecule has 0 bridgehead atoms. The van der Waals surface area contributed by atoms with Gasteiger partial charge in [0, 0.05) is 58.6 Å². The van der Waals surface area contributed by atoms with Gasteiger partial charge in [0.1, 0.15) is 0 Å². The van der Waals surface area contributed by atoms with Crippen molar-refractivity contribution < 1.29 is 9.53 Å². The monoisotopic (exact) mass is 361 g/mol. The quantitative estimate of drug-likeness (QED) is 0.830. The van der Waals surface area contributed by atoms with Gasteiger partial charge in [-0.25, -0.2) is 9.97 Å². The predicted molar refractivity (Wildman–Crippen MR) is 101 cm³/mol. The standard InChI is InChI=1S/C19H31N5O2/c1-14(2)17-9-20-19(21-10-17)22-11-18-8-16(13-26-18)12-23-4-6-24(7-5-23)15(3)25/h9-10,14,16,18H,4-8,11-13H2,1-3H3,(H,20,21,22). The average Bonchev–Trinajstić information content (AvgIpc) is 3.08. The molecule has 7 nitrogen and oxygen atoms in total. The molecule has 2 aliphatic rings. The van der Waals surface area contributed by atoms with E-state index in [2.05, 4.69) is 34.0 Å². The molecule has 2 saturated heterocycles. The van der Waals surface area contributed by atoms with Crippen molar-refractivity contribution in [2.75, 3.05) is 51.2 Å². The van der Waals surface area contributed by atoms with Gasteiger partial charge in [-0.15, -0.1) is 0 Å². The van der Waals surface area contributed by atoms with Crippen LogP contribution in [0.3, 0.4) is 0 Å². The lowest BCUT2D eigenvalue weighted by atomic mass is 10.0. The fourth-order valence-corrected chi connectivity index (χ4v) is 3.59.